The Balaban J connectivity index is 1.37. The average molecular weight is 413 g/mol. The zero-order valence-corrected chi connectivity index (χ0v) is 16.2. The summed E-state index contributed by atoms with van der Waals surface area (Å²) in [6, 6.07) is 10.3. The van der Waals surface area contributed by atoms with Crippen molar-refractivity contribution in [1.82, 2.24) is 15.5 Å². The van der Waals surface area contributed by atoms with Gasteiger partial charge in [-0.3, -0.25) is 14.5 Å². The molecule has 9 heteroatoms. The van der Waals surface area contributed by atoms with Crippen molar-refractivity contribution in [2.45, 2.75) is 18.9 Å². The molecule has 8 nitrogen and oxygen atoms in total. The summed E-state index contributed by atoms with van der Waals surface area (Å²) in [5.41, 5.74) is 0.0818. The standard InChI is InChI=1S/C21H20FN3O5/c1-21(14-4-7-16-17(10-14)30-12-29-16)19(27)25(20(28)24-21)11-18(26)23-9-8-13-2-5-15(22)6-3-13/h2-7,10H,8-9,11-12H2,1H3,(H,23,26)(H,24,28)/t21-/m0/s1. The molecule has 0 spiro atoms. The van der Waals surface area contributed by atoms with Crippen LogP contribution in [0.4, 0.5) is 9.18 Å². The van der Waals surface area contributed by atoms with E-state index in [1.807, 2.05) is 0 Å². The largest absolute Gasteiger partial charge is 0.454 e. The van der Waals surface area contributed by atoms with Gasteiger partial charge in [0.1, 0.15) is 17.9 Å². The van der Waals surface area contributed by atoms with Crippen LogP contribution in [0.2, 0.25) is 0 Å². The Morgan fingerprint density at radius 1 is 1.17 bits per heavy atom. The van der Waals surface area contributed by atoms with Crippen molar-refractivity contribution in [3.05, 3.63) is 59.4 Å². The number of imide groups is 1. The van der Waals surface area contributed by atoms with E-state index in [9.17, 15) is 18.8 Å². The highest BCUT2D eigenvalue weighted by Crippen LogP contribution is 2.37. The maximum Gasteiger partial charge on any atom is 0.325 e. The number of benzene rings is 2. The minimum atomic E-state index is -1.31. The molecule has 0 radical (unpaired) electrons. The van der Waals surface area contributed by atoms with Crippen molar-refractivity contribution in [3.8, 4) is 11.5 Å². The van der Waals surface area contributed by atoms with E-state index in [1.165, 1.54) is 12.1 Å². The van der Waals surface area contributed by atoms with Gasteiger partial charge in [-0.15, -0.1) is 0 Å². The monoisotopic (exact) mass is 413 g/mol. The van der Waals surface area contributed by atoms with Crippen LogP contribution in [0.3, 0.4) is 0 Å². The van der Waals surface area contributed by atoms with Crippen molar-refractivity contribution < 1.29 is 28.2 Å². The fourth-order valence-corrected chi connectivity index (χ4v) is 3.44. The second kappa shape index (κ2) is 7.66. The molecule has 156 valence electrons. The van der Waals surface area contributed by atoms with Crippen LogP contribution in [-0.4, -0.2) is 42.6 Å². The van der Waals surface area contributed by atoms with Crippen LogP contribution < -0.4 is 20.1 Å². The Morgan fingerprint density at radius 3 is 2.67 bits per heavy atom. The summed E-state index contributed by atoms with van der Waals surface area (Å²) < 4.78 is 23.5. The number of fused-ring (bicyclic) bond motifs is 1. The van der Waals surface area contributed by atoms with Crippen molar-refractivity contribution in [1.29, 1.82) is 0 Å². The molecule has 0 unspecified atom stereocenters. The lowest BCUT2D eigenvalue weighted by Gasteiger charge is -2.22. The molecular formula is C21H20FN3O5. The third-order valence-electron chi connectivity index (χ3n) is 5.18. The molecule has 1 fully saturated rings. The van der Waals surface area contributed by atoms with E-state index in [0.29, 0.717) is 30.0 Å². The van der Waals surface area contributed by atoms with Gasteiger partial charge in [0.25, 0.3) is 5.91 Å². The zero-order valence-electron chi connectivity index (χ0n) is 16.2. The molecule has 2 heterocycles. The van der Waals surface area contributed by atoms with Crippen molar-refractivity contribution in [2.75, 3.05) is 19.9 Å². The van der Waals surface area contributed by atoms with Gasteiger partial charge in [-0.2, -0.15) is 0 Å². The van der Waals surface area contributed by atoms with Gasteiger partial charge in [-0.1, -0.05) is 18.2 Å². The fraction of sp³-hybridized carbons (Fsp3) is 0.286. The lowest BCUT2D eigenvalue weighted by atomic mass is 9.91. The number of nitrogens with one attached hydrogen (secondary N) is 2. The SMILES string of the molecule is C[C@@]1(c2ccc3c(c2)OCO3)NC(=O)N(CC(=O)NCCc2ccc(F)cc2)C1=O. The number of nitrogens with zero attached hydrogens (tertiary/aromatic N) is 1. The van der Waals surface area contributed by atoms with E-state index in [0.717, 1.165) is 10.5 Å². The molecule has 0 saturated carbocycles. The predicted molar refractivity (Wildman–Crippen MR) is 103 cm³/mol. The molecule has 0 aliphatic carbocycles. The molecule has 2 aromatic rings. The van der Waals surface area contributed by atoms with Crippen LogP contribution in [-0.2, 0) is 21.5 Å². The quantitative estimate of drug-likeness (QED) is 0.703. The van der Waals surface area contributed by atoms with Gasteiger partial charge in [0.2, 0.25) is 12.7 Å². The lowest BCUT2D eigenvalue weighted by Crippen LogP contribution is -2.43. The van der Waals surface area contributed by atoms with Gasteiger partial charge in [0, 0.05) is 6.54 Å². The Hall–Kier alpha value is -3.62. The molecule has 4 amide bonds. The van der Waals surface area contributed by atoms with Crippen molar-refractivity contribution in [3.63, 3.8) is 0 Å². The van der Waals surface area contributed by atoms with E-state index in [4.69, 9.17) is 9.47 Å². The van der Waals surface area contributed by atoms with Crippen LogP contribution >= 0.6 is 0 Å². The minimum absolute atomic E-state index is 0.0972. The molecule has 1 saturated heterocycles. The highest BCUT2D eigenvalue weighted by Gasteiger charge is 2.49. The molecule has 30 heavy (non-hydrogen) atoms. The molecule has 0 aromatic heterocycles. The highest BCUT2D eigenvalue weighted by atomic mass is 19.1. The summed E-state index contributed by atoms with van der Waals surface area (Å²) in [6.45, 7) is 1.58. The first-order chi connectivity index (χ1) is 14.4. The normalized spacial score (nSPS) is 19.7. The number of urea groups is 1. The van der Waals surface area contributed by atoms with Gasteiger partial charge in [0.15, 0.2) is 11.5 Å². The number of carbonyl (C=O) groups is 3. The van der Waals surface area contributed by atoms with Gasteiger partial charge in [0.05, 0.1) is 0 Å². The molecule has 2 aliphatic rings. The van der Waals surface area contributed by atoms with Gasteiger partial charge >= 0.3 is 6.03 Å². The first kappa shape index (κ1) is 19.7. The molecule has 4 rings (SSSR count). The van der Waals surface area contributed by atoms with Crippen LogP contribution in [0.5, 0.6) is 11.5 Å². The number of amides is 4. The van der Waals surface area contributed by atoms with Crippen LogP contribution in [0, 0.1) is 5.82 Å². The number of carbonyl (C=O) groups excluding carboxylic acids is 3. The zero-order chi connectivity index (χ0) is 21.3. The van der Waals surface area contributed by atoms with Gasteiger partial charge in [-0.05, 0) is 48.7 Å². The summed E-state index contributed by atoms with van der Waals surface area (Å²) in [5.74, 6) is -0.258. The van der Waals surface area contributed by atoms with E-state index in [2.05, 4.69) is 10.6 Å². The van der Waals surface area contributed by atoms with E-state index in [1.54, 1.807) is 37.3 Å². The number of rotatable bonds is 6. The Kier molecular flexibility index (Phi) is 5.03. The second-order valence-electron chi connectivity index (χ2n) is 7.24. The Bertz CT molecular complexity index is 1010. The first-order valence-electron chi connectivity index (χ1n) is 9.42. The highest BCUT2D eigenvalue weighted by molar-refractivity contribution is 6.09. The molecule has 2 N–H and O–H groups in total. The molecule has 1 atom stereocenters. The van der Waals surface area contributed by atoms with Crippen molar-refractivity contribution >= 4 is 17.8 Å². The third kappa shape index (κ3) is 3.66. The second-order valence-corrected chi connectivity index (χ2v) is 7.24. The summed E-state index contributed by atoms with van der Waals surface area (Å²) >= 11 is 0. The predicted octanol–water partition coefficient (Wildman–Crippen LogP) is 1.68. The van der Waals surface area contributed by atoms with Crippen LogP contribution in [0.15, 0.2) is 42.5 Å². The fourth-order valence-electron chi connectivity index (χ4n) is 3.44. The number of ether oxygens (including phenoxy) is 2. The number of hydrogen-bond acceptors (Lipinski definition) is 5. The minimum Gasteiger partial charge on any atom is -0.454 e. The smallest absolute Gasteiger partial charge is 0.325 e. The Labute approximate surface area is 171 Å². The molecule has 0 bridgehead atoms. The summed E-state index contributed by atoms with van der Waals surface area (Å²) in [4.78, 5) is 38.5. The van der Waals surface area contributed by atoms with E-state index < -0.39 is 29.9 Å². The molecule has 2 aromatic carbocycles. The van der Waals surface area contributed by atoms with Crippen LogP contribution in [0.25, 0.3) is 0 Å². The van der Waals surface area contributed by atoms with Gasteiger partial charge in [-0.25, -0.2) is 9.18 Å². The maximum absolute atomic E-state index is 13.0. The summed E-state index contributed by atoms with van der Waals surface area (Å²) in [7, 11) is 0. The average Bonchev–Trinajstić information content (AvgIpc) is 3.28. The maximum atomic E-state index is 13.0. The molecule has 2 aliphatic heterocycles. The Morgan fingerprint density at radius 2 is 1.90 bits per heavy atom. The summed E-state index contributed by atoms with van der Waals surface area (Å²) in [6.07, 6.45) is 0.501. The van der Waals surface area contributed by atoms with Gasteiger partial charge < -0.3 is 20.1 Å². The first-order valence-corrected chi connectivity index (χ1v) is 9.42. The third-order valence-corrected chi connectivity index (χ3v) is 5.18. The lowest BCUT2D eigenvalue weighted by molar-refractivity contribution is -0.134. The number of halogens is 1. The van der Waals surface area contributed by atoms with Crippen molar-refractivity contribution in [2.24, 2.45) is 0 Å². The molecular weight excluding hydrogens is 393 g/mol. The van der Waals surface area contributed by atoms with E-state index in [-0.39, 0.29) is 12.6 Å². The van der Waals surface area contributed by atoms with E-state index >= 15 is 0 Å². The topological polar surface area (TPSA) is 97.0 Å². The van der Waals surface area contributed by atoms with Crippen LogP contribution in [0.1, 0.15) is 18.1 Å². The number of hydrogen-bond donors (Lipinski definition) is 2. The summed E-state index contributed by atoms with van der Waals surface area (Å²) in [5, 5.41) is 5.33.